The molecule has 0 radical (unpaired) electrons. The van der Waals surface area contributed by atoms with Crippen molar-refractivity contribution in [2.24, 2.45) is 29.4 Å². The molecule has 1 saturated carbocycles. The summed E-state index contributed by atoms with van der Waals surface area (Å²) < 4.78 is 10.9. The number of carbonyl (C=O) groups excluding carboxylic acids is 4. The SMILES string of the molecule is CCOC(=O)C(NCc1ccc(OC)c(-c2ccc(O)c3c2C[C@H]2C[C@H]4CC(O)=C(C(N)=O)C(=O)[C@@]4(O)[C@@H](O)C2C3=O)c1)C(C)C. The number of allylic oxidation sites excluding steroid dienone is 1. The molecule has 6 atom stereocenters. The van der Waals surface area contributed by atoms with Crippen LogP contribution in [0.4, 0.5) is 0 Å². The van der Waals surface area contributed by atoms with Crippen molar-refractivity contribution in [1.82, 2.24) is 5.32 Å². The van der Waals surface area contributed by atoms with E-state index in [0.29, 0.717) is 29.0 Å². The summed E-state index contributed by atoms with van der Waals surface area (Å²) in [6.07, 6.45) is -1.91. The van der Waals surface area contributed by atoms with Gasteiger partial charge in [-0.2, -0.15) is 0 Å². The number of ether oxygens (including phenoxy) is 2. The zero-order chi connectivity index (χ0) is 33.7. The number of aliphatic hydroxyl groups is 3. The van der Waals surface area contributed by atoms with Gasteiger partial charge in [-0.05, 0) is 66.5 Å². The number of phenolic OH excluding ortho intramolecular Hbond substituents is 1. The molecule has 0 bridgehead atoms. The fraction of sp³-hybridized carbons (Fsp3) is 0.471. The lowest BCUT2D eigenvalue weighted by Gasteiger charge is -2.52. The predicted molar refractivity (Wildman–Crippen MR) is 165 cm³/mol. The Kier molecular flexibility index (Phi) is 9.00. The molecule has 2 aromatic carbocycles. The van der Waals surface area contributed by atoms with E-state index in [1.165, 1.54) is 13.2 Å². The molecule has 2 aromatic rings. The first-order valence-corrected chi connectivity index (χ1v) is 15.4. The molecule has 46 heavy (non-hydrogen) atoms. The van der Waals surface area contributed by atoms with Crippen LogP contribution in [0.25, 0.3) is 11.1 Å². The molecule has 2 unspecified atom stereocenters. The van der Waals surface area contributed by atoms with Crippen molar-refractivity contribution < 1.29 is 49.1 Å². The van der Waals surface area contributed by atoms with Crippen LogP contribution in [0.3, 0.4) is 0 Å². The van der Waals surface area contributed by atoms with Crippen LogP contribution in [-0.4, -0.2) is 75.3 Å². The van der Waals surface area contributed by atoms with Crippen LogP contribution in [0, 0.1) is 23.7 Å². The summed E-state index contributed by atoms with van der Waals surface area (Å²) in [7, 11) is 1.51. The van der Waals surface area contributed by atoms with Gasteiger partial charge >= 0.3 is 5.97 Å². The first-order chi connectivity index (χ1) is 21.8. The highest BCUT2D eigenvalue weighted by Crippen LogP contribution is 2.53. The van der Waals surface area contributed by atoms with Crippen LogP contribution in [0.2, 0.25) is 0 Å². The van der Waals surface area contributed by atoms with Crippen LogP contribution in [0.5, 0.6) is 11.5 Å². The molecule has 246 valence electrons. The predicted octanol–water partition coefficient (Wildman–Crippen LogP) is 2.10. The van der Waals surface area contributed by atoms with Gasteiger partial charge in [0, 0.05) is 24.4 Å². The number of Topliss-reactive ketones (excluding diaryl/α,β-unsaturated/α-hetero) is 2. The molecule has 0 spiro atoms. The Bertz CT molecular complexity index is 1630. The summed E-state index contributed by atoms with van der Waals surface area (Å²) in [6.45, 7) is 6.18. The molecular formula is C34H40N2O10. The van der Waals surface area contributed by atoms with Crippen molar-refractivity contribution in [2.45, 2.75) is 64.3 Å². The first kappa shape index (κ1) is 33.1. The van der Waals surface area contributed by atoms with Gasteiger partial charge in [-0.1, -0.05) is 26.0 Å². The summed E-state index contributed by atoms with van der Waals surface area (Å²) >= 11 is 0. The highest BCUT2D eigenvalue weighted by Gasteiger charge is 2.63. The summed E-state index contributed by atoms with van der Waals surface area (Å²) in [5.74, 6) is -6.66. The number of carbonyl (C=O) groups is 4. The molecule has 0 aromatic heterocycles. The molecule has 0 heterocycles. The van der Waals surface area contributed by atoms with Crippen LogP contribution in [-0.2, 0) is 32.1 Å². The number of benzene rings is 2. The van der Waals surface area contributed by atoms with Gasteiger partial charge in [0.25, 0.3) is 5.91 Å². The van der Waals surface area contributed by atoms with E-state index >= 15 is 0 Å². The number of esters is 1. The minimum absolute atomic E-state index is 0.0254. The van der Waals surface area contributed by atoms with E-state index in [2.05, 4.69) is 5.32 Å². The average Bonchev–Trinajstić information content (AvgIpc) is 2.99. The fourth-order valence-electron chi connectivity index (χ4n) is 7.44. The summed E-state index contributed by atoms with van der Waals surface area (Å²) in [4.78, 5) is 51.7. The topological polar surface area (TPSA) is 206 Å². The van der Waals surface area contributed by atoms with Gasteiger partial charge in [-0.3, -0.25) is 19.2 Å². The number of aromatic hydroxyl groups is 1. The number of nitrogens with one attached hydrogen (secondary N) is 1. The molecule has 12 heteroatoms. The van der Waals surface area contributed by atoms with Crippen molar-refractivity contribution in [3.8, 4) is 22.6 Å². The number of hydrogen-bond acceptors (Lipinski definition) is 11. The monoisotopic (exact) mass is 636 g/mol. The lowest BCUT2D eigenvalue weighted by molar-refractivity contribution is -0.182. The zero-order valence-electron chi connectivity index (χ0n) is 26.2. The van der Waals surface area contributed by atoms with E-state index < -0.39 is 64.3 Å². The van der Waals surface area contributed by atoms with Gasteiger partial charge in [-0.25, -0.2) is 0 Å². The van der Waals surface area contributed by atoms with E-state index in [9.17, 15) is 39.6 Å². The smallest absolute Gasteiger partial charge is 0.323 e. The molecule has 3 aliphatic carbocycles. The minimum atomic E-state index is -2.51. The molecule has 1 fully saturated rings. The number of methoxy groups -OCH3 is 1. The largest absolute Gasteiger partial charge is 0.511 e. The third-order valence-electron chi connectivity index (χ3n) is 9.67. The van der Waals surface area contributed by atoms with E-state index in [4.69, 9.17) is 15.2 Å². The Balaban J connectivity index is 1.53. The highest BCUT2D eigenvalue weighted by molar-refractivity contribution is 6.23. The van der Waals surface area contributed by atoms with Gasteiger partial charge < -0.3 is 41.0 Å². The van der Waals surface area contributed by atoms with Gasteiger partial charge in [0.1, 0.15) is 35.0 Å². The molecule has 1 amide bonds. The number of ketones is 2. The van der Waals surface area contributed by atoms with Crippen molar-refractivity contribution in [3.05, 3.63) is 58.4 Å². The number of aliphatic hydroxyl groups excluding tert-OH is 2. The van der Waals surface area contributed by atoms with Gasteiger partial charge in [0.15, 0.2) is 11.4 Å². The highest BCUT2D eigenvalue weighted by atomic mass is 16.5. The molecule has 7 N–H and O–H groups in total. The van der Waals surface area contributed by atoms with Gasteiger partial charge in [0.2, 0.25) is 5.78 Å². The van der Waals surface area contributed by atoms with Crippen LogP contribution >= 0.6 is 0 Å². The number of hydrogen-bond donors (Lipinski definition) is 6. The van der Waals surface area contributed by atoms with Crippen molar-refractivity contribution in [1.29, 1.82) is 0 Å². The third kappa shape index (κ3) is 5.33. The average molecular weight is 637 g/mol. The van der Waals surface area contributed by atoms with Crippen molar-refractivity contribution >= 4 is 23.4 Å². The first-order valence-electron chi connectivity index (χ1n) is 15.4. The zero-order valence-corrected chi connectivity index (χ0v) is 26.2. The van der Waals surface area contributed by atoms with Crippen molar-refractivity contribution in [2.75, 3.05) is 13.7 Å². The third-order valence-corrected chi connectivity index (χ3v) is 9.67. The summed E-state index contributed by atoms with van der Waals surface area (Å²) in [6, 6.07) is 8.02. The Morgan fingerprint density at radius 1 is 1.11 bits per heavy atom. The van der Waals surface area contributed by atoms with Gasteiger partial charge in [-0.15, -0.1) is 0 Å². The van der Waals surface area contributed by atoms with E-state index in [0.717, 1.165) is 5.56 Å². The number of amides is 1. The Morgan fingerprint density at radius 3 is 2.46 bits per heavy atom. The number of primary amides is 1. The maximum atomic E-state index is 14.1. The van der Waals surface area contributed by atoms with Crippen LogP contribution in [0.1, 0.15) is 55.1 Å². The Morgan fingerprint density at radius 2 is 1.83 bits per heavy atom. The maximum Gasteiger partial charge on any atom is 0.323 e. The maximum absolute atomic E-state index is 14.1. The number of rotatable bonds is 9. The lowest BCUT2D eigenvalue weighted by atomic mass is 9.54. The second-order valence-corrected chi connectivity index (χ2v) is 12.7. The summed E-state index contributed by atoms with van der Waals surface area (Å²) in [5.41, 5.74) is 4.53. The van der Waals surface area contributed by atoms with E-state index in [-0.39, 0.29) is 49.1 Å². The number of phenols is 1. The quantitative estimate of drug-likeness (QED) is 0.174. The van der Waals surface area contributed by atoms with E-state index in [1.807, 2.05) is 26.0 Å². The molecule has 3 aliphatic rings. The van der Waals surface area contributed by atoms with Gasteiger partial charge in [0.05, 0.1) is 25.2 Å². The second kappa shape index (κ2) is 12.5. The van der Waals surface area contributed by atoms with E-state index in [1.54, 1.807) is 19.1 Å². The molecular weight excluding hydrogens is 596 g/mol. The fourth-order valence-corrected chi connectivity index (χ4v) is 7.44. The Labute approximate surface area is 266 Å². The minimum Gasteiger partial charge on any atom is -0.511 e. The molecule has 5 rings (SSSR count). The molecule has 0 aliphatic heterocycles. The molecule has 12 nitrogen and oxygen atoms in total. The lowest BCUT2D eigenvalue weighted by Crippen LogP contribution is -2.67. The number of fused-ring (bicyclic) bond motifs is 3. The van der Waals surface area contributed by atoms with Crippen molar-refractivity contribution in [3.63, 3.8) is 0 Å². The standard InChI is InChI=1S/C34H40N2O10/c1-5-46-33(43)28(15(2)3)36-14-16-6-9-24(45-4)20(10-16)19-7-8-22(37)26-21(19)12-17-11-18-13-23(38)27(32(35)42)31(41)34(18,44)30(40)25(17)29(26)39/h6-10,15,17-18,25,28,30,36-38,40,44H,5,11-14H2,1-4H3,(H2,35,42)/t17-,18+,25?,28?,30+,34+/m1/s1. The van der Waals surface area contributed by atoms with Crippen LogP contribution in [0.15, 0.2) is 41.7 Å². The Hall–Kier alpha value is -4.26. The summed E-state index contributed by atoms with van der Waals surface area (Å²) in [5, 5.41) is 47.6. The number of nitrogens with two attached hydrogens (primary N) is 1. The van der Waals surface area contributed by atoms with Crippen LogP contribution < -0.4 is 15.8 Å². The molecule has 0 saturated heterocycles. The second-order valence-electron chi connectivity index (χ2n) is 12.7. The normalized spacial score (nSPS) is 26.2.